The fraction of sp³-hybridized carbons (Fsp3) is 0.200. The number of fused-ring (bicyclic) bond motifs is 1. The molecule has 0 aliphatic heterocycles. The molecule has 26 heavy (non-hydrogen) atoms. The van der Waals surface area contributed by atoms with Crippen LogP contribution in [-0.2, 0) is 6.54 Å². The van der Waals surface area contributed by atoms with E-state index in [-0.39, 0.29) is 5.11 Å². The van der Waals surface area contributed by atoms with Crippen molar-refractivity contribution < 1.29 is 4.74 Å². The van der Waals surface area contributed by atoms with E-state index in [1.165, 1.54) is 5.56 Å². The van der Waals surface area contributed by atoms with Crippen LogP contribution >= 0.6 is 12.2 Å². The molecule has 0 unspecified atom stereocenters. The third-order valence-electron chi connectivity index (χ3n) is 4.12. The highest BCUT2D eigenvalue weighted by Crippen LogP contribution is 2.21. The molecule has 0 atom stereocenters. The molecule has 3 rings (SSSR count). The summed E-state index contributed by atoms with van der Waals surface area (Å²) in [7, 11) is 0. The third-order valence-corrected chi connectivity index (χ3v) is 4.21. The van der Waals surface area contributed by atoms with Gasteiger partial charge in [0.15, 0.2) is 5.11 Å². The molecule has 0 spiro atoms. The Morgan fingerprint density at radius 1 is 1.27 bits per heavy atom. The van der Waals surface area contributed by atoms with Gasteiger partial charge in [-0.2, -0.15) is 5.10 Å². The lowest BCUT2D eigenvalue weighted by molar-refractivity contribution is 0.298. The van der Waals surface area contributed by atoms with Crippen molar-refractivity contribution in [1.82, 2.24) is 9.99 Å². The maximum atomic E-state index is 5.97. The normalized spacial score (nSPS) is 11.2. The summed E-state index contributed by atoms with van der Waals surface area (Å²) < 4.78 is 8.13. The number of benzene rings is 2. The fourth-order valence-electron chi connectivity index (χ4n) is 2.94. The van der Waals surface area contributed by atoms with Crippen molar-refractivity contribution in [2.45, 2.75) is 20.4 Å². The number of para-hydroxylation sites is 1. The van der Waals surface area contributed by atoms with Gasteiger partial charge in [-0.25, -0.2) is 0 Å². The van der Waals surface area contributed by atoms with E-state index in [1.54, 1.807) is 6.21 Å². The Bertz CT molecular complexity index is 962. The summed E-state index contributed by atoms with van der Waals surface area (Å²) in [4.78, 5) is 0. The summed E-state index contributed by atoms with van der Waals surface area (Å²) in [5.41, 5.74) is 12.5. The Balaban J connectivity index is 1.75. The molecule has 3 N–H and O–H groups in total. The number of aromatic nitrogens is 1. The highest BCUT2D eigenvalue weighted by Gasteiger charge is 2.07. The molecule has 0 saturated heterocycles. The number of nitrogens with two attached hydrogens (primary N) is 1. The van der Waals surface area contributed by atoms with E-state index < -0.39 is 0 Å². The lowest BCUT2D eigenvalue weighted by Gasteiger charge is -2.11. The minimum Gasteiger partial charge on any atom is -0.491 e. The predicted molar refractivity (Wildman–Crippen MR) is 111 cm³/mol. The van der Waals surface area contributed by atoms with Gasteiger partial charge in [0.05, 0.1) is 12.8 Å². The number of hydrogen-bond acceptors (Lipinski definition) is 3. The highest BCUT2D eigenvalue weighted by molar-refractivity contribution is 7.80. The van der Waals surface area contributed by atoms with Gasteiger partial charge in [-0.05, 0) is 43.8 Å². The van der Waals surface area contributed by atoms with Gasteiger partial charge in [0.2, 0.25) is 0 Å². The van der Waals surface area contributed by atoms with Gasteiger partial charge >= 0.3 is 0 Å². The van der Waals surface area contributed by atoms with Crippen LogP contribution in [0.5, 0.6) is 5.75 Å². The zero-order valence-electron chi connectivity index (χ0n) is 14.9. The maximum absolute atomic E-state index is 5.97. The number of hydrazone groups is 1. The average molecular weight is 366 g/mol. The molecular formula is C20H22N4OS. The molecule has 134 valence electrons. The maximum Gasteiger partial charge on any atom is 0.184 e. The smallest absolute Gasteiger partial charge is 0.184 e. The van der Waals surface area contributed by atoms with E-state index in [0.717, 1.165) is 34.3 Å². The molecule has 0 saturated carbocycles. The van der Waals surface area contributed by atoms with Gasteiger partial charge in [0.25, 0.3) is 0 Å². The first-order chi connectivity index (χ1) is 12.5. The van der Waals surface area contributed by atoms with Crippen LogP contribution in [-0.4, -0.2) is 22.5 Å². The number of ether oxygens (including phenoxy) is 1. The van der Waals surface area contributed by atoms with Gasteiger partial charge < -0.3 is 15.0 Å². The summed E-state index contributed by atoms with van der Waals surface area (Å²) in [5, 5.41) is 5.33. The molecule has 0 bridgehead atoms. The average Bonchev–Trinajstić information content (AvgIpc) is 2.95. The molecule has 0 aliphatic carbocycles. The molecule has 5 nitrogen and oxygen atoms in total. The zero-order chi connectivity index (χ0) is 18.5. The van der Waals surface area contributed by atoms with Crippen LogP contribution in [0.3, 0.4) is 0 Å². The summed E-state index contributed by atoms with van der Waals surface area (Å²) in [6.45, 7) is 5.48. The molecule has 0 aliphatic rings. The van der Waals surface area contributed by atoms with Gasteiger partial charge in [-0.15, -0.1) is 0 Å². The fourth-order valence-corrected chi connectivity index (χ4v) is 3.00. The molecular weight excluding hydrogens is 344 g/mol. The topological polar surface area (TPSA) is 64.6 Å². The number of thiocarbonyl (C=S) groups is 1. The zero-order valence-corrected chi connectivity index (χ0v) is 15.7. The van der Waals surface area contributed by atoms with Crippen molar-refractivity contribution in [3.8, 4) is 5.75 Å². The van der Waals surface area contributed by atoms with Crippen LogP contribution < -0.4 is 15.9 Å². The van der Waals surface area contributed by atoms with Crippen molar-refractivity contribution in [2.24, 2.45) is 10.8 Å². The largest absolute Gasteiger partial charge is 0.491 e. The third kappa shape index (κ3) is 4.21. The quantitative estimate of drug-likeness (QED) is 0.398. The monoisotopic (exact) mass is 366 g/mol. The molecule has 2 aromatic carbocycles. The second-order valence-electron chi connectivity index (χ2n) is 6.15. The number of nitrogens with zero attached hydrogens (tertiary/aromatic N) is 2. The predicted octanol–water partition coefficient (Wildman–Crippen LogP) is 3.50. The summed E-state index contributed by atoms with van der Waals surface area (Å²) in [6.07, 6.45) is 3.78. The minimum absolute atomic E-state index is 0.145. The number of aryl methyl sites for hydroxylation is 2. The second kappa shape index (κ2) is 8.01. The van der Waals surface area contributed by atoms with Gasteiger partial charge in [0.1, 0.15) is 12.4 Å². The van der Waals surface area contributed by atoms with E-state index in [4.69, 9.17) is 22.7 Å². The van der Waals surface area contributed by atoms with Gasteiger partial charge in [-0.1, -0.05) is 35.9 Å². The van der Waals surface area contributed by atoms with Crippen molar-refractivity contribution in [3.05, 3.63) is 65.4 Å². The van der Waals surface area contributed by atoms with Gasteiger partial charge in [0, 0.05) is 22.7 Å². The van der Waals surface area contributed by atoms with Crippen molar-refractivity contribution in [3.63, 3.8) is 0 Å². The lowest BCUT2D eigenvalue weighted by atomic mass is 10.1. The van der Waals surface area contributed by atoms with Crippen molar-refractivity contribution >= 4 is 34.4 Å². The summed E-state index contributed by atoms with van der Waals surface area (Å²) in [6, 6.07) is 14.4. The Hall–Kier alpha value is -2.86. The molecule has 0 fully saturated rings. The first-order valence-corrected chi connectivity index (χ1v) is 8.82. The second-order valence-corrected chi connectivity index (χ2v) is 6.59. The number of hydrogen-bond donors (Lipinski definition) is 2. The first-order valence-electron chi connectivity index (χ1n) is 8.41. The van der Waals surface area contributed by atoms with E-state index in [9.17, 15) is 0 Å². The van der Waals surface area contributed by atoms with E-state index in [0.29, 0.717) is 6.61 Å². The van der Waals surface area contributed by atoms with Crippen LogP contribution in [0, 0.1) is 13.8 Å². The summed E-state index contributed by atoms with van der Waals surface area (Å²) >= 11 is 4.77. The lowest BCUT2D eigenvalue weighted by Crippen LogP contribution is -2.23. The Kier molecular flexibility index (Phi) is 5.53. The van der Waals surface area contributed by atoms with E-state index >= 15 is 0 Å². The standard InChI is InChI=1S/C20H22N4OS/c1-14-7-8-19(15(2)11-14)25-10-9-24-13-16(12-22-23-20(21)26)17-5-3-4-6-18(17)24/h3-8,11-13H,9-10H2,1-2H3,(H3,21,23,26)/b22-12+. The van der Waals surface area contributed by atoms with Crippen molar-refractivity contribution in [2.75, 3.05) is 6.61 Å². The molecule has 1 aromatic heterocycles. The van der Waals surface area contributed by atoms with E-state index in [2.05, 4.69) is 59.4 Å². The Morgan fingerprint density at radius 3 is 2.85 bits per heavy atom. The van der Waals surface area contributed by atoms with E-state index in [1.807, 2.05) is 18.2 Å². The molecule has 6 heteroatoms. The van der Waals surface area contributed by atoms with Crippen LogP contribution in [0.1, 0.15) is 16.7 Å². The molecule has 1 heterocycles. The number of rotatable bonds is 6. The SMILES string of the molecule is Cc1ccc(OCCn2cc(/C=N/NC(N)=S)c3ccccc32)c(C)c1. The first kappa shape index (κ1) is 17.9. The molecule has 0 amide bonds. The van der Waals surface area contributed by atoms with Gasteiger partial charge in [-0.3, -0.25) is 5.43 Å². The highest BCUT2D eigenvalue weighted by atomic mass is 32.1. The Morgan fingerprint density at radius 2 is 2.08 bits per heavy atom. The number of nitrogens with one attached hydrogen (secondary N) is 1. The van der Waals surface area contributed by atoms with Crippen LogP contribution in [0.15, 0.2) is 53.8 Å². The molecule has 0 radical (unpaired) electrons. The van der Waals surface area contributed by atoms with Crippen LogP contribution in [0.25, 0.3) is 10.9 Å². The molecule has 3 aromatic rings. The minimum atomic E-state index is 0.145. The summed E-state index contributed by atoms with van der Waals surface area (Å²) in [5.74, 6) is 0.925. The van der Waals surface area contributed by atoms with Crippen LogP contribution in [0.2, 0.25) is 0 Å². The van der Waals surface area contributed by atoms with Crippen molar-refractivity contribution in [1.29, 1.82) is 0 Å². The Labute approximate surface area is 158 Å². The van der Waals surface area contributed by atoms with Crippen LogP contribution in [0.4, 0.5) is 0 Å².